The third kappa shape index (κ3) is 3.58. The van der Waals surface area contributed by atoms with Gasteiger partial charge in [-0.25, -0.2) is 4.79 Å². The summed E-state index contributed by atoms with van der Waals surface area (Å²) in [7, 11) is 1.27. The number of ether oxygens (including phenoxy) is 1. The van der Waals surface area contributed by atoms with E-state index in [4.69, 9.17) is 27.9 Å². The molecule has 5 heteroatoms. The number of benzene rings is 2. The topological polar surface area (TPSA) is 43.4 Å². The predicted molar refractivity (Wildman–Crippen MR) is 113 cm³/mol. The van der Waals surface area contributed by atoms with Gasteiger partial charge in [-0.1, -0.05) is 63.0 Å². The summed E-state index contributed by atoms with van der Waals surface area (Å²) >= 11 is 12.5. The number of hydrogen-bond donors (Lipinski definition) is 0. The highest BCUT2D eigenvalue weighted by atomic mass is 35.5. The molecule has 2 aromatic rings. The van der Waals surface area contributed by atoms with Crippen LogP contribution in [0.3, 0.4) is 0 Å². The first-order valence-corrected chi connectivity index (χ1v) is 10.0. The van der Waals surface area contributed by atoms with Crippen LogP contribution in [0.4, 0.5) is 0 Å². The molecule has 0 fully saturated rings. The molecule has 1 aliphatic rings. The zero-order valence-electron chi connectivity index (χ0n) is 16.8. The molecule has 28 heavy (non-hydrogen) atoms. The summed E-state index contributed by atoms with van der Waals surface area (Å²) in [5.74, 6) is -0.811. The number of esters is 1. The van der Waals surface area contributed by atoms with Gasteiger partial charge in [-0.15, -0.1) is 0 Å². The highest BCUT2D eigenvalue weighted by Crippen LogP contribution is 2.46. The lowest BCUT2D eigenvalue weighted by molar-refractivity contribution is 0.0600. The van der Waals surface area contributed by atoms with Gasteiger partial charge in [0.2, 0.25) is 0 Å². The number of carbonyl (C=O) groups excluding carboxylic acids is 2. The normalized spacial score (nSPS) is 17.0. The van der Waals surface area contributed by atoms with Crippen LogP contribution in [0.15, 0.2) is 30.3 Å². The Kier molecular flexibility index (Phi) is 5.37. The monoisotopic (exact) mass is 418 g/mol. The zero-order valence-corrected chi connectivity index (χ0v) is 18.3. The van der Waals surface area contributed by atoms with Gasteiger partial charge in [0.1, 0.15) is 0 Å². The average molecular weight is 419 g/mol. The smallest absolute Gasteiger partial charge is 0.339 e. The lowest BCUT2D eigenvalue weighted by atomic mass is 9.63. The van der Waals surface area contributed by atoms with E-state index in [1.807, 2.05) is 12.1 Å². The number of halogens is 2. The molecule has 0 heterocycles. The standard InChI is InChI=1S/C23H24Cl2O3/c1-22(2)8-9-23(3,4)17-10-13(6-7-16(17)22)20(26)14-11-19(25)15(12-18(14)24)21(27)28-5/h6-7,10-12H,8-9H2,1-5H3. The van der Waals surface area contributed by atoms with Crippen LogP contribution >= 0.6 is 23.2 Å². The van der Waals surface area contributed by atoms with E-state index in [1.165, 1.54) is 30.4 Å². The van der Waals surface area contributed by atoms with E-state index < -0.39 is 5.97 Å². The minimum absolute atomic E-state index is 0.00265. The van der Waals surface area contributed by atoms with Crippen LogP contribution in [0.1, 0.15) is 77.9 Å². The molecule has 1 aliphatic carbocycles. The van der Waals surface area contributed by atoms with Crippen molar-refractivity contribution in [2.45, 2.75) is 51.4 Å². The Balaban J connectivity index is 2.07. The van der Waals surface area contributed by atoms with Crippen LogP contribution < -0.4 is 0 Å². The van der Waals surface area contributed by atoms with E-state index >= 15 is 0 Å². The number of rotatable bonds is 3. The molecule has 0 aliphatic heterocycles. The lowest BCUT2D eigenvalue weighted by Gasteiger charge is -2.42. The summed E-state index contributed by atoms with van der Waals surface area (Å²) in [6.07, 6.45) is 2.17. The SMILES string of the molecule is COC(=O)c1cc(Cl)c(C(=O)c2ccc3c(c2)C(C)(C)CCC3(C)C)cc1Cl. The number of methoxy groups -OCH3 is 1. The summed E-state index contributed by atoms with van der Waals surface area (Å²) in [6, 6.07) is 8.71. The van der Waals surface area contributed by atoms with E-state index in [1.54, 1.807) is 0 Å². The predicted octanol–water partition coefficient (Wildman–Crippen LogP) is 6.36. The lowest BCUT2D eigenvalue weighted by Crippen LogP contribution is -2.34. The molecule has 0 spiro atoms. The van der Waals surface area contributed by atoms with Gasteiger partial charge in [-0.2, -0.15) is 0 Å². The fourth-order valence-corrected chi connectivity index (χ4v) is 4.36. The summed E-state index contributed by atoms with van der Waals surface area (Å²) in [5, 5.41) is 0.311. The first-order chi connectivity index (χ1) is 13.0. The van der Waals surface area contributed by atoms with Crippen molar-refractivity contribution in [3.05, 3.63) is 68.2 Å². The third-order valence-electron chi connectivity index (χ3n) is 5.82. The number of fused-ring (bicyclic) bond motifs is 1. The molecule has 0 radical (unpaired) electrons. The Labute approximate surface area is 176 Å². The molecule has 0 amide bonds. The molecule has 0 atom stereocenters. The largest absolute Gasteiger partial charge is 0.465 e. The molecular formula is C23H24Cl2O3. The summed E-state index contributed by atoms with van der Waals surface area (Å²) in [5.41, 5.74) is 3.53. The van der Waals surface area contributed by atoms with Crippen LogP contribution in [-0.4, -0.2) is 18.9 Å². The maximum absolute atomic E-state index is 13.2. The Morgan fingerprint density at radius 2 is 1.39 bits per heavy atom. The second-order valence-corrected chi connectivity index (χ2v) is 9.48. The van der Waals surface area contributed by atoms with Crippen molar-refractivity contribution in [1.29, 1.82) is 0 Å². The third-order valence-corrected chi connectivity index (χ3v) is 6.45. The van der Waals surface area contributed by atoms with Gasteiger partial charge in [-0.3, -0.25) is 4.79 Å². The van der Waals surface area contributed by atoms with Crippen molar-refractivity contribution in [3.8, 4) is 0 Å². The Morgan fingerprint density at radius 3 is 2.00 bits per heavy atom. The van der Waals surface area contributed by atoms with Crippen LogP contribution in [-0.2, 0) is 15.6 Å². The van der Waals surface area contributed by atoms with Crippen molar-refractivity contribution < 1.29 is 14.3 Å². The van der Waals surface area contributed by atoms with Crippen molar-refractivity contribution in [2.75, 3.05) is 7.11 Å². The van der Waals surface area contributed by atoms with Gasteiger partial charge in [0.05, 0.1) is 22.7 Å². The van der Waals surface area contributed by atoms with Crippen molar-refractivity contribution in [1.82, 2.24) is 0 Å². The van der Waals surface area contributed by atoms with E-state index in [2.05, 4.69) is 33.8 Å². The second kappa shape index (κ2) is 7.20. The number of ketones is 1. The Morgan fingerprint density at radius 1 is 0.857 bits per heavy atom. The molecule has 148 valence electrons. The van der Waals surface area contributed by atoms with Gasteiger partial charge in [0, 0.05) is 11.1 Å². The van der Waals surface area contributed by atoms with Gasteiger partial charge < -0.3 is 4.74 Å². The van der Waals surface area contributed by atoms with Crippen LogP contribution in [0.5, 0.6) is 0 Å². The van der Waals surface area contributed by atoms with E-state index in [-0.39, 0.29) is 37.8 Å². The van der Waals surface area contributed by atoms with Gasteiger partial charge >= 0.3 is 5.97 Å². The molecule has 2 aromatic carbocycles. The van der Waals surface area contributed by atoms with E-state index in [9.17, 15) is 9.59 Å². The average Bonchev–Trinajstić information content (AvgIpc) is 2.65. The zero-order chi connectivity index (χ0) is 20.9. The number of hydrogen-bond acceptors (Lipinski definition) is 3. The van der Waals surface area contributed by atoms with Crippen LogP contribution in [0.25, 0.3) is 0 Å². The molecule has 0 aromatic heterocycles. The van der Waals surface area contributed by atoms with Crippen molar-refractivity contribution in [3.63, 3.8) is 0 Å². The highest BCUT2D eigenvalue weighted by molar-refractivity contribution is 6.38. The molecule has 3 rings (SSSR count). The quantitative estimate of drug-likeness (QED) is 0.430. The highest BCUT2D eigenvalue weighted by Gasteiger charge is 2.37. The first-order valence-electron chi connectivity index (χ1n) is 9.25. The Bertz CT molecular complexity index is 974. The fourth-order valence-electron chi connectivity index (χ4n) is 3.87. The Hall–Kier alpha value is -1.84. The molecule has 0 saturated heterocycles. The second-order valence-electron chi connectivity index (χ2n) is 8.66. The molecule has 0 saturated carbocycles. The molecule has 0 bridgehead atoms. The molecule has 0 N–H and O–H groups in total. The maximum atomic E-state index is 13.2. The van der Waals surface area contributed by atoms with Crippen LogP contribution in [0, 0.1) is 0 Å². The molecule has 0 unspecified atom stereocenters. The van der Waals surface area contributed by atoms with Gasteiger partial charge in [-0.05, 0) is 53.0 Å². The van der Waals surface area contributed by atoms with Crippen LogP contribution in [0.2, 0.25) is 10.0 Å². The first kappa shape index (κ1) is 20.9. The summed E-state index contributed by atoms with van der Waals surface area (Å²) in [6.45, 7) is 8.91. The van der Waals surface area contributed by atoms with Gasteiger partial charge in [0.15, 0.2) is 5.78 Å². The van der Waals surface area contributed by atoms with Gasteiger partial charge in [0.25, 0.3) is 0 Å². The minimum Gasteiger partial charge on any atom is -0.465 e. The van der Waals surface area contributed by atoms with E-state index in [0.717, 1.165) is 12.8 Å². The molecule has 3 nitrogen and oxygen atoms in total. The van der Waals surface area contributed by atoms with Crippen molar-refractivity contribution >= 4 is 35.0 Å². The maximum Gasteiger partial charge on any atom is 0.339 e. The molecular weight excluding hydrogens is 395 g/mol. The summed E-state index contributed by atoms with van der Waals surface area (Å²) in [4.78, 5) is 24.9. The minimum atomic E-state index is -0.594. The van der Waals surface area contributed by atoms with Crippen molar-refractivity contribution in [2.24, 2.45) is 0 Å². The van der Waals surface area contributed by atoms with E-state index in [0.29, 0.717) is 5.56 Å². The number of carbonyl (C=O) groups is 2. The summed E-state index contributed by atoms with van der Waals surface area (Å²) < 4.78 is 4.69. The fraction of sp³-hybridized carbons (Fsp3) is 0.391.